The minimum atomic E-state index is -0.989. The number of nitrogens with two attached hydrogens (primary N) is 1. The number of hydrogen-bond acceptors (Lipinski definition) is 4. The number of halogens is 1. The second-order valence-corrected chi connectivity index (χ2v) is 7.26. The Hall–Kier alpha value is -2.44. The second kappa shape index (κ2) is 9.48. The molecule has 6 nitrogen and oxygen atoms in total. The summed E-state index contributed by atoms with van der Waals surface area (Å²) in [6, 6.07) is 9.07. The number of carboxylic acids is 1. The van der Waals surface area contributed by atoms with E-state index < -0.39 is 12.0 Å². The van der Waals surface area contributed by atoms with E-state index in [0.717, 1.165) is 22.3 Å². The van der Waals surface area contributed by atoms with Crippen molar-refractivity contribution in [2.24, 2.45) is 5.73 Å². The number of carbonyl (C=O) groups excluding carboxylic acids is 1. The third-order valence-corrected chi connectivity index (χ3v) is 4.12. The number of pyridine rings is 1. The summed E-state index contributed by atoms with van der Waals surface area (Å²) in [7, 11) is 0. The highest BCUT2D eigenvalue weighted by Gasteiger charge is 2.22. The van der Waals surface area contributed by atoms with Gasteiger partial charge < -0.3 is 16.2 Å². The van der Waals surface area contributed by atoms with Crippen molar-refractivity contribution in [3.05, 3.63) is 53.9 Å². The molecule has 1 atom stereocenters. The monoisotopic (exact) mass is 391 g/mol. The van der Waals surface area contributed by atoms with Gasteiger partial charge in [0.2, 0.25) is 5.91 Å². The summed E-state index contributed by atoms with van der Waals surface area (Å²) < 4.78 is 0. The van der Waals surface area contributed by atoms with E-state index in [0.29, 0.717) is 0 Å². The molecule has 0 saturated heterocycles. The highest BCUT2D eigenvalue weighted by molar-refractivity contribution is 5.85. The van der Waals surface area contributed by atoms with Crippen LogP contribution in [0.25, 0.3) is 11.1 Å². The van der Waals surface area contributed by atoms with Crippen LogP contribution in [0.2, 0.25) is 0 Å². The Balaban J connectivity index is 0.00000364. The van der Waals surface area contributed by atoms with Gasteiger partial charge in [-0.1, -0.05) is 39.0 Å². The number of aromatic nitrogens is 1. The molecule has 0 aliphatic rings. The highest BCUT2D eigenvalue weighted by Crippen LogP contribution is 2.32. The van der Waals surface area contributed by atoms with E-state index in [-0.39, 0.29) is 36.7 Å². The van der Waals surface area contributed by atoms with E-state index in [1.165, 1.54) is 0 Å². The summed E-state index contributed by atoms with van der Waals surface area (Å²) in [4.78, 5) is 27.2. The van der Waals surface area contributed by atoms with Gasteiger partial charge in [0.1, 0.15) is 0 Å². The maximum absolute atomic E-state index is 11.8. The number of rotatable bonds is 6. The van der Waals surface area contributed by atoms with Crippen molar-refractivity contribution in [3.63, 3.8) is 0 Å². The maximum atomic E-state index is 11.8. The number of carbonyl (C=O) groups is 2. The Morgan fingerprint density at radius 3 is 2.44 bits per heavy atom. The minimum Gasteiger partial charge on any atom is -0.481 e. The zero-order chi connectivity index (χ0) is 19.3. The van der Waals surface area contributed by atoms with Crippen molar-refractivity contribution in [1.29, 1.82) is 0 Å². The van der Waals surface area contributed by atoms with Gasteiger partial charge in [-0.15, -0.1) is 12.4 Å². The molecular weight excluding hydrogens is 366 g/mol. The predicted octanol–water partition coefficient (Wildman–Crippen LogP) is 3.06. The summed E-state index contributed by atoms with van der Waals surface area (Å²) in [5.74, 6) is -1.38. The van der Waals surface area contributed by atoms with Crippen molar-refractivity contribution < 1.29 is 14.7 Å². The van der Waals surface area contributed by atoms with Crippen LogP contribution in [0.5, 0.6) is 0 Å². The van der Waals surface area contributed by atoms with Crippen LogP contribution in [0.15, 0.2) is 42.7 Å². The summed E-state index contributed by atoms with van der Waals surface area (Å²) in [6.45, 7) is 6.07. The largest absolute Gasteiger partial charge is 0.481 e. The summed E-state index contributed by atoms with van der Waals surface area (Å²) in [5.41, 5.74) is 8.88. The Labute approximate surface area is 165 Å². The Kier molecular flexibility index (Phi) is 7.94. The number of amides is 1. The zero-order valence-corrected chi connectivity index (χ0v) is 16.5. The van der Waals surface area contributed by atoms with Gasteiger partial charge in [-0.2, -0.15) is 0 Å². The third-order valence-electron chi connectivity index (χ3n) is 4.12. The van der Waals surface area contributed by atoms with Gasteiger partial charge in [0, 0.05) is 18.0 Å². The van der Waals surface area contributed by atoms with Crippen molar-refractivity contribution in [3.8, 4) is 11.1 Å². The van der Waals surface area contributed by atoms with Gasteiger partial charge in [0.15, 0.2) is 0 Å². The van der Waals surface area contributed by atoms with Crippen LogP contribution in [0.1, 0.15) is 44.4 Å². The molecule has 4 N–H and O–H groups in total. The van der Waals surface area contributed by atoms with E-state index >= 15 is 0 Å². The lowest BCUT2D eigenvalue weighted by molar-refractivity contribution is -0.137. The van der Waals surface area contributed by atoms with Gasteiger partial charge in [-0.25, -0.2) is 0 Å². The molecule has 2 rings (SSSR count). The second-order valence-electron chi connectivity index (χ2n) is 7.26. The molecule has 1 heterocycles. The van der Waals surface area contributed by atoms with Gasteiger partial charge in [-0.3, -0.25) is 14.6 Å². The molecule has 146 valence electrons. The van der Waals surface area contributed by atoms with E-state index in [1.54, 1.807) is 12.4 Å². The molecule has 1 unspecified atom stereocenters. The highest BCUT2D eigenvalue weighted by atomic mass is 35.5. The quantitative estimate of drug-likeness (QED) is 0.701. The normalized spacial score (nSPS) is 12.0. The van der Waals surface area contributed by atoms with E-state index in [9.17, 15) is 14.7 Å². The molecule has 1 aromatic heterocycles. The number of aliphatic carboxylic acids is 1. The van der Waals surface area contributed by atoms with Crippen LogP contribution in [0.3, 0.4) is 0 Å². The average molecular weight is 392 g/mol. The van der Waals surface area contributed by atoms with Crippen molar-refractivity contribution in [1.82, 2.24) is 10.3 Å². The Bertz CT molecular complexity index is 789. The molecule has 0 spiro atoms. The molecule has 1 amide bonds. The van der Waals surface area contributed by atoms with E-state index in [1.807, 2.05) is 24.3 Å². The molecule has 2 aromatic rings. The van der Waals surface area contributed by atoms with E-state index in [2.05, 4.69) is 37.1 Å². The lowest BCUT2D eigenvalue weighted by atomic mass is 9.83. The molecular formula is C20H26ClN3O3. The minimum absolute atomic E-state index is 0. The Morgan fingerprint density at radius 1 is 1.22 bits per heavy atom. The third kappa shape index (κ3) is 6.34. The predicted molar refractivity (Wildman–Crippen MR) is 108 cm³/mol. The van der Waals surface area contributed by atoms with Crippen LogP contribution in [-0.4, -0.2) is 28.5 Å². The number of hydrogen-bond donors (Lipinski definition) is 3. The summed E-state index contributed by atoms with van der Waals surface area (Å²) in [5, 5.41) is 12.0. The lowest BCUT2D eigenvalue weighted by Gasteiger charge is -2.24. The molecule has 0 bridgehead atoms. The number of carboxylic acid groups (broad SMARTS) is 1. The van der Waals surface area contributed by atoms with Crippen LogP contribution in [-0.2, 0) is 15.0 Å². The van der Waals surface area contributed by atoms with Crippen LogP contribution in [0, 0.1) is 0 Å². The van der Waals surface area contributed by atoms with Gasteiger partial charge in [0.05, 0.1) is 19.0 Å². The lowest BCUT2D eigenvalue weighted by Crippen LogP contribution is -2.35. The van der Waals surface area contributed by atoms with Crippen LogP contribution >= 0.6 is 12.4 Å². The van der Waals surface area contributed by atoms with Gasteiger partial charge in [0.25, 0.3) is 0 Å². The van der Waals surface area contributed by atoms with Gasteiger partial charge >= 0.3 is 5.97 Å². The fraction of sp³-hybridized carbons (Fsp3) is 0.350. The number of nitrogens with zero attached hydrogens (tertiary/aromatic N) is 1. The molecule has 0 fully saturated rings. The first kappa shape index (κ1) is 22.6. The first-order valence-corrected chi connectivity index (χ1v) is 8.48. The molecule has 0 radical (unpaired) electrons. The molecule has 0 aliphatic carbocycles. The summed E-state index contributed by atoms with van der Waals surface area (Å²) in [6.07, 6.45) is 3.24. The summed E-state index contributed by atoms with van der Waals surface area (Å²) >= 11 is 0. The molecule has 0 saturated carbocycles. The van der Waals surface area contributed by atoms with Crippen molar-refractivity contribution >= 4 is 24.3 Å². The standard InChI is InChI=1S/C20H25N3O3.ClH/c1-20(2,3)16-8-14(13-5-4-6-22-12-13)7-15(9-16)17(10-19(25)26)23-18(24)11-21;/h4-9,12,17H,10-11,21H2,1-3H3,(H,23,24)(H,25,26);1H. The maximum Gasteiger partial charge on any atom is 0.305 e. The fourth-order valence-corrected chi connectivity index (χ4v) is 2.67. The Morgan fingerprint density at radius 2 is 1.93 bits per heavy atom. The van der Waals surface area contributed by atoms with E-state index in [4.69, 9.17) is 5.73 Å². The topological polar surface area (TPSA) is 105 Å². The average Bonchev–Trinajstić information content (AvgIpc) is 2.60. The van der Waals surface area contributed by atoms with Gasteiger partial charge in [-0.05, 0) is 34.2 Å². The smallest absolute Gasteiger partial charge is 0.305 e. The van der Waals surface area contributed by atoms with Crippen molar-refractivity contribution in [2.45, 2.75) is 38.6 Å². The molecule has 0 aliphatic heterocycles. The molecule has 27 heavy (non-hydrogen) atoms. The first-order chi connectivity index (χ1) is 12.2. The van der Waals surface area contributed by atoms with Crippen molar-refractivity contribution in [2.75, 3.05) is 6.54 Å². The number of benzene rings is 1. The molecule has 7 heteroatoms. The zero-order valence-electron chi connectivity index (χ0n) is 15.7. The van der Waals surface area contributed by atoms with Crippen LogP contribution in [0.4, 0.5) is 0 Å². The fourth-order valence-electron chi connectivity index (χ4n) is 2.67. The SMILES string of the molecule is CC(C)(C)c1cc(-c2cccnc2)cc(C(CC(=O)O)NC(=O)CN)c1.Cl. The van der Waals surface area contributed by atoms with Crippen LogP contribution < -0.4 is 11.1 Å². The molecule has 1 aromatic carbocycles. The number of nitrogens with one attached hydrogen (secondary N) is 1. The first-order valence-electron chi connectivity index (χ1n) is 8.48.